The van der Waals surface area contributed by atoms with Crippen LogP contribution < -0.4 is 10.2 Å². The van der Waals surface area contributed by atoms with Crippen LogP contribution in [0.2, 0.25) is 0 Å². The third kappa shape index (κ3) is 3.81. The maximum Gasteiger partial charge on any atom is 0.227 e. The molecule has 0 radical (unpaired) electrons. The van der Waals surface area contributed by atoms with E-state index < -0.39 is 0 Å². The average Bonchev–Trinajstić information content (AvgIpc) is 3.40. The summed E-state index contributed by atoms with van der Waals surface area (Å²) in [6, 6.07) is 6.95. The molecule has 3 aliphatic rings. The zero-order valence-electron chi connectivity index (χ0n) is 15.2. The zero-order chi connectivity index (χ0) is 18.3. The number of carbonyl (C=O) groups is 2. The molecule has 6 heteroatoms. The van der Waals surface area contributed by atoms with Crippen molar-refractivity contribution in [3.8, 4) is 0 Å². The van der Waals surface area contributed by atoms with Crippen LogP contribution >= 0.6 is 15.9 Å². The molecule has 2 aliphatic heterocycles. The van der Waals surface area contributed by atoms with E-state index in [0.29, 0.717) is 13.0 Å². The number of piperidine rings is 1. The van der Waals surface area contributed by atoms with Gasteiger partial charge in [-0.15, -0.1) is 0 Å². The number of benzene rings is 1. The quantitative estimate of drug-likeness (QED) is 0.815. The van der Waals surface area contributed by atoms with E-state index in [4.69, 9.17) is 0 Å². The van der Waals surface area contributed by atoms with Crippen molar-refractivity contribution in [1.29, 1.82) is 0 Å². The van der Waals surface area contributed by atoms with E-state index in [0.717, 1.165) is 47.7 Å². The minimum atomic E-state index is -0.243. The highest BCUT2D eigenvalue weighted by Gasteiger charge is 2.37. The summed E-state index contributed by atoms with van der Waals surface area (Å²) in [6.07, 6.45) is 5.04. The van der Waals surface area contributed by atoms with Crippen molar-refractivity contribution in [3.05, 3.63) is 28.2 Å². The van der Waals surface area contributed by atoms with Gasteiger partial charge in [0.05, 0.1) is 5.92 Å². The highest BCUT2D eigenvalue weighted by atomic mass is 79.9. The van der Waals surface area contributed by atoms with Gasteiger partial charge in [0.2, 0.25) is 11.8 Å². The Hall–Kier alpha value is -1.40. The third-order valence-electron chi connectivity index (χ3n) is 5.89. The molecule has 1 atom stereocenters. The van der Waals surface area contributed by atoms with E-state index in [2.05, 4.69) is 26.1 Å². The number of carbonyl (C=O) groups excluding carboxylic acids is 2. The molecule has 5 nitrogen and oxygen atoms in total. The number of rotatable bonds is 4. The average molecular weight is 420 g/mol. The molecular weight excluding hydrogens is 394 g/mol. The van der Waals surface area contributed by atoms with E-state index in [9.17, 15) is 9.59 Å². The molecule has 0 aromatic heterocycles. The molecule has 2 heterocycles. The fraction of sp³-hybridized carbons (Fsp3) is 0.600. The van der Waals surface area contributed by atoms with Gasteiger partial charge in [0.25, 0.3) is 0 Å². The monoisotopic (exact) mass is 419 g/mol. The van der Waals surface area contributed by atoms with Crippen molar-refractivity contribution in [3.63, 3.8) is 0 Å². The number of likely N-dealkylation sites (tertiary alicyclic amines) is 1. The lowest BCUT2D eigenvalue weighted by atomic mass is 10.0. The number of nitrogens with one attached hydrogen (secondary N) is 1. The van der Waals surface area contributed by atoms with Crippen molar-refractivity contribution in [2.45, 2.75) is 51.1 Å². The Morgan fingerprint density at radius 3 is 2.58 bits per heavy atom. The van der Waals surface area contributed by atoms with Gasteiger partial charge in [-0.1, -0.05) is 15.9 Å². The van der Waals surface area contributed by atoms with Crippen molar-refractivity contribution >= 4 is 33.4 Å². The number of halogens is 1. The predicted molar refractivity (Wildman–Crippen MR) is 105 cm³/mol. The van der Waals surface area contributed by atoms with Crippen molar-refractivity contribution in [2.24, 2.45) is 5.92 Å². The van der Waals surface area contributed by atoms with Crippen molar-refractivity contribution in [1.82, 2.24) is 10.2 Å². The Bertz CT molecular complexity index is 711. The second-order valence-electron chi connectivity index (χ2n) is 7.89. The van der Waals surface area contributed by atoms with Gasteiger partial charge in [0.1, 0.15) is 0 Å². The summed E-state index contributed by atoms with van der Waals surface area (Å²) >= 11 is 3.49. The standard InChI is InChI=1S/C20H26BrN3O2/c1-13-10-17(4-5-18(13)21)24-12-14(11-19(24)25)20(26)22-15-6-8-23(9-7-15)16-2-3-16/h4-5,10,14-16H,2-3,6-9,11-12H2,1H3,(H,22,26). The van der Waals surface area contributed by atoms with Crippen LogP contribution in [0.5, 0.6) is 0 Å². The van der Waals surface area contributed by atoms with Gasteiger partial charge in [-0.3, -0.25) is 9.59 Å². The number of hydrogen-bond donors (Lipinski definition) is 1. The summed E-state index contributed by atoms with van der Waals surface area (Å²) < 4.78 is 1.03. The molecule has 0 bridgehead atoms. The summed E-state index contributed by atoms with van der Waals surface area (Å²) in [5.41, 5.74) is 1.97. The number of anilines is 1. The normalized spacial score (nSPS) is 24.9. The second-order valence-corrected chi connectivity index (χ2v) is 8.74. The smallest absolute Gasteiger partial charge is 0.227 e. The maximum absolute atomic E-state index is 12.7. The van der Waals surface area contributed by atoms with Crippen LogP contribution in [-0.4, -0.2) is 48.4 Å². The molecule has 1 unspecified atom stereocenters. The molecule has 140 valence electrons. The lowest BCUT2D eigenvalue weighted by Crippen LogP contribution is -2.47. The van der Waals surface area contributed by atoms with Crippen LogP contribution in [0.3, 0.4) is 0 Å². The molecule has 0 spiro atoms. The van der Waals surface area contributed by atoms with E-state index in [1.54, 1.807) is 4.90 Å². The van der Waals surface area contributed by atoms with Gasteiger partial charge in [-0.25, -0.2) is 0 Å². The van der Waals surface area contributed by atoms with Gasteiger partial charge in [0, 0.05) is 48.3 Å². The lowest BCUT2D eigenvalue weighted by Gasteiger charge is -2.32. The summed E-state index contributed by atoms with van der Waals surface area (Å²) in [6.45, 7) is 4.66. The van der Waals surface area contributed by atoms with Crippen LogP contribution in [0.15, 0.2) is 22.7 Å². The van der Waals surface area contributed by atoms with Crippen LogP contribution in [0.4, 0.5) is 5.69 Å². The summed E-state index contributed by atoms with van der Waals surface area (Å²) in [5, 5.41) is 3.20. The first kappa shape index (κ1) is 18.0. The molecular formula is C20H26BrN3O2. The Morgan fingerprint density at radius 2 is 1.92 bits per heavy atom. The van der Waals surface area contributed by atoms with Crippen molar-refractivity contribution < 1.29 is 9.59 Å². The first-order valence-electron chi connectivity index (χ1n) is 9.62. The molecule has 1 aromatic rings. The molecule has 2 amide bonds. The predicted octanol–water partition coefficient (Wildman–Crippen LogP) is 2.85. The summed E-state index contributed by atoms with van der Waals surface area (Å²) in [7, 11) is 0. The first-order chi connectivity index (χ1) is 12.5. The topological polar surface area (TPSA) is 52.7 Å². The minimum absolute atomic E-state index is 0.0374. The van der Waals surface area contributed by atoms with Gasteiger partial charge in [-0.2, -0.15) is 0 Å². The first-order valence-corrected chi connectivity index (χ1v) is 10.4. The number of hydrogen-bond acceptors (Lipinski definition) is 3. The molecule has 26 heavy (non-hydrogen) atoms. The third-order valence-corrected chi connectivity index (χ3v) is 6.78. The Balaban J connectivity index is 1.32. The molecule has 2 saturated heterocycles. The SMILES string of the molecule is Cc1cc(N2CC(C(=O)NC3CCN(C4CC4)CC3)CC2=O)ccc1Br. The Labute approximate surface area is 163 Å². The van der Waals surface area contributed by atoms with Crippen LogP contribution in [0, 0.1) is 12.8 Å². The molecule has 1 N–H and O–H groups in total. The number of aryl methyl sites for hydroxylation is 1. The number of amides is 2. The zero-order valence-corrected chi connectivity index (χ0v) is 16.8. The van der Waals surface area contributed by atoms with Gasteiger partial charge in [-0.05, 0) is 56.4 Å². The van der Waals surface area contributed by atoms with Crippen LogP contribution in [-0.2, 0) is 9.59 Å². The molecule has 1 aliphatic carbocycles. The fourth-order valence-corrected chi connectivity index (χ4v) is 4.34. The van der Waals surface area contributed by atoms with E-state index in [-0.39, 0.29) is 23.8 Å². The van der Waals surface area contributed by atoms with Crippen molar-refractivity contribution in [2.75, 3.05) is 24.5 Å². The van der Waals surface area contributed by atoms with Crippen LogP contribution in [0.25, 0.3) is 0 Å². The summed E-state index contributed by atoms with van der Waals surface area (Å²) in [5.74, 6) is -0.164. The van der Waals surface area contributed by atoms with Gasteiger partial charge in [0.15, 0.2) is 0 Å². The van der Waals surface area contributed by atoms with E-state index >= 15 is 0 Å². The summed E-state index contributed by atoms with van der Waals surface area (Å²) in [4.78, 5) is 29.4. The van der Waals surface area contributed by atoms with Crippen LogP contribution in [0.1, 0.15) is 37.7 Å². The minimum Gasteiger partial charge on any atom is -0.353 e. The molecule has 1 saturated carbocycles. The number of nitrogens with zero attached hydrogens (tertiary/aromatic N) is 2. The van der Waals surface area contributed by atoms with E-state index in [1.807, 2.05) is 25.1 Å². The fourth-order valence-electron chi connectivity index (χ4n) is 4.10. The molecule has 4 rings (SSSR count). The van der Waals surface area contributed by atoms with E-state index in [1.165, 1.54) is 12.8 Å². The largest absolute Gasteiger partial charge is 0.353 e. The Morgan fingerprint density at radius 1 is 1.19 bits per heavy atom. The lowest BCUT2D eigenvalue weighted by molar-refractivity contribution is -0.127. The highest BCUT2D eigenvalue weighted by molar-refractivity contribution is 9.10. The molecule has 1 aromatic carbocycles. The van der Waals surface area contributed by atoms with Gasteiger partial charge < -0.3 is 15.1 Å². The second kappa shape index (κ2) is 7.31. The Kier molecular flexibility index (Phi) is 5.06. The van der Waals surface area contributed by atoms with Gasteiger partial charge >= 0.3 is 0 Å². The highest BCUT2D eigenvalue weighted by Crippen LogP contribution is 2.30. The molecule has 3 fully saturated rings. The maximum atomic E-state index is 12.7.